The van der Waals surface area contributed by atoms with Crippen LogP contribution in [0.3, 0.4) is 0 Å². The van der Waals surface area contributed by atoms with Crippen molar-refractivity contribution in [3.8, 4) is 0 Å². The quantitative estimate of drug-likeness (QED) is 0.854. The molecule has 0 heterocycles. The van der Waals surface area contributed by atoms with Gasteiger partial charge in [0.25, 0.3) is 0 Å². The Kier molecular flexibility index (Phi) is 5.76. The SMILES string of the molecule is Cc1cccc(C)c1[C@@H](N)CC(F)F.Cl. The Balaban J connectivity index is 0.00000196. The number of benzene rings is 1. The number of hydrogen-bond acceptors (Lipinski definition) is 1. The van der Waals surface area contributed by atoms with Crippen LogP contribution in [0.5, 0.6) is 0 Å². The van der Waals surface area contributed by atoms with Crippen LogP contribution >= 0.6 is 12.4 Å². The van der Waals surface area contributed by atoms with Crippen molar-refractivity contribution in [1.29, 1.82) is 0 Å². The summed E-state index contributed by atoms with van der Waals surface area (Å²) in [5.74, 6) is 0. The van der Waals surface area contributed by atoms with E-state index >= 15 is 0 Å². The molecule has 0 unspecified atom stereocenters. The smallest absolute Gasteiger partial charge is 0.240 e. The molecular formula is C11H16ClF2N. The van der Waals surface area contributed by atoms with Crippen LogP contribution in [0.4, 0.5) is 8.78 Å². The van der Waals surface area contributed by atoms with Crippen molar-refractivity contribution in [2.75, 3.05) is 0 Å². The van der Waals surface area contributed by atoms with E-state index in [2.05, 4.69) is 0 Å². The number of hydrogen-bond donors (Lipinski definition) is 1. The topological polar surface area (TPSA) is 26.0 Å². The minimum absolute atomic E-state index is 0. The average molecular weight is 236 g/mol. The van der Waals surface area contributed by atoms with Gasteiger partial charge < -0.3 is 5.73 Å². The molecule has 1 rings (SSSR count). The Morgan fingerprint density at radius 3 is 2.07 bits per heavy atom. The molecule has 1 atom stereocenters. The summed E-state index contributed by atoms with van der Waals surface area (Å²) in [5, 5.41) is 0. The normalized spacial score (nSPS) is 12.4. The first-order valence-electron chi connectivity index (χ1n) is 4.62. The largest absolute Gasteiger partial charge is 0.324 e. The van der Waals surface area contributed by atoms with Gasteiger partial charge in [-0.3, -0.25) is 0 Å². The third-order valence-electron chi connectivity index (χ3n) is 2.35. The maximum absolute atomic E-state index is 12.2. The predicted molar refractivity (Wildman–Crippen MR) is 60.7 cm³/mol. The Morgan fingerprint density at radius 1 is 1.20 bits per heavy atom. The molecule has 86 valence electrons. The number of aryl methyl sites for hydroxylation is 2. The van der Waals surface area contributed by atoms with Crippen LogP contribution in [0.15, 0.2) is 18.2 Å². The second kappa shape index (κ2) is 6.03. The molecule has 0 amide bonds. The van der Waals surface area contributed by atoms with Crippen LogP contribution in [0.2, 0.25) is 0 Å². The summed E-state index contributed by atoms with van der Waals surface area (Å²) in [5.41, 5.74) is 8.54. The fraction of sp³-hybridized carbons (Fsp3) is 0.455. The fourth-order valence-corrected chi connectivity index (χ4v) is 1.72. The lowest BCUT2D eigenvalue weighted by Gasteiger charge is -2.16. The van der Waals surface area contributed by atoms with Gasteiger partial charge in [0, 0.05) is 12.5 Å². The molecule has 1 aromatic rings. The molecule has 0 aromatic heterocycles. The van der Waals surface area contributed by atoms with Gasteiger partial charge in [0.05, 0.1) is 0 Å². The molecule has 0 spiro atoms. The molecule has 0 fully saturated rings. The Hall–Kier alpha value is -0.670. The standard InChI is InChI=1S/C11H15F2N.ClH/c1-7-4-3-5-8(2)11(7)9(14)6-10(12)13;/h3-5,9-10H,6,14H2,1-2H3;1H/t9-;/m0./s1. The van der Waals surface area contributed by atoms with Crippen LogP contribution in [-0.2, 0) is 0 Å². The van der Waals surface area contributed by atoms with Crippen molar-refractivity contribution in [1.82, 2.24) is 0 Å². The van der Waals surface area contributed by atoms with E-state index in [4.69, 9.17) is 5.73 Å². The highest BCUT2D eigenvalue weighted by Gasteiger charge is 2.16. The summed E-state index contributed by atoms with van der Waals surface area (Å²) >= 11 is 0. The molecule has 0 saturated carbocycles. The number of rotatable bonds is 3. The summed E-state index contributed by atoms with van der Waals surface area (Å²) in [6, 6.07) is 5.14. The maximum atomic E-state index is 12.2. The van der Waals surface area contributed by atoms with Gasteiger partial charge in [-0.15, -0.1) is 12.4 Å². The lowest BCUT2D eigenvalue weighted by molar-refractivity contribution is 0.128. The van der Waals surface area contributed by atoms with E-state index in [1.807, 2.05) is 32.0 Å². The summed E-state index contributed by atoms with van der Waals surface area (Å²) < 4.78 is 24.3. The van der Waals surface area contributed by atoms with Crippen molar-refractivity contribution >= 4 is 12.4 Å². The lowest BCUT2D eigenvalue weighted by atomic mass is 9.95. The molecule has 2 N–H and O–H groups in total. The summed E-state index contributed by atoms with van der Waals surface area (Å²) in [6.45, 7) is 3.79. The minimum atomic E-state index is -2.34. The van der Waals surface area contributed by atoms with Crippen LogP contribution in [0.25, 0.3) is 0 Å². The molecular weight excluding hydrogens is 220 g/mol. The zero-order valence-corrected chi connectivity index (χ0v) is 9.65. The second-order valence-corrected chi connectivity index (χ2v) is 3.54. The van der Waals surface area contributed by atoms with Crippen LogP contribution in [-0.4, -0.2) is 6.43 Å². The molecule has 0 saturated heterocycles. The van der Waals surface area contributed by atoms with Gasteiger partial charge in [-0.05, 0) is 30.5 Å². The van der Waals surface area contributed by atoms with Crippen molar-refractivity contribution < 1.29 is 8.78 Å². The summed E-state index contributed by atoms with van der Waals surface area (Å²) in [7, 11) is 0. The van der Waals surface area contributed by atoms with Gasteiger partial charge in [0.2, 0.25) is 6.43 Å². The van der Waals surface area contributed by atoms with Gasteiger partial charge in [-0.25, -0.2) is 8.78 Å². The van der Waals surface area contributed by atoms with Gasteiger partial charge in [-0.1, -0.05) is 18.2 Å². The second-order valence-electron chi connectivity index (χ2n) is 3.54. The lowest BCUT2D eigenvalue weighted by Crippen LogP contribution is -2.16. The molecule has 0 aliphatic heterocycles. The Labute approximate surface area is 95.1 Å². The zero-order chi connectivity index (χ0) is 10.7. The highest BCUT2D eigenvalue weighted by atomic mass is 35.5. The molecule has 0 aliphatic carbocycles. The predicted octanol–water partition coefficient (Wildman–Crippen LogP) is 3.38. The van der Waals surface area contributed by atoms with E-state index in [-0.39, 0.29) is 18.8 Å². The van der Waals surface area contributed by atoms with E-state index in [1.165, 1.54) is 0 Å². The van der Waals surface area contributed by atoms with Crippen molar-refractivity contribution in [3.05, 3.63) is 34.9 Å². The van der Waals surface area contributed by atoms with Crippen LogP contribution < -0.4 is 5.73 Å². The zero-order valence-electron chi connectivity index (χ0n) is 8.84. The van der Waals surface area contributed by atoms with Crippen LogP contribution in [0, 0.1) is 13.8 Å². The molecule has 0 bridgehead atoms. The molecule has 0 radical (unpaired) electrons. The van der Waals surface area contributed by atoms with E-state index in [1.54, 1.807) is 0 Å². The number of halogens is 3. The first kappa shape index (κ1) is 14.3. The molecule has 4 heteroatoms. The summed E-state index contributed by atoms with van der Waals surface area (Å²) in [6.07, 6.45) is -2.62. The van der Waals surface area contributed by atoms with Gasteiger partial charge in [0.15, 0.2) is 0 Å². The number of alkyl halides is 2. The van der Waals surface area contributed by atoms with Crippen molar-refractivity contribution in [2.45, 2.75) is 32.7 Å². The fourth-order valence-electron chi connectivity index (χ4n) is 1.72. The van der Waals surface area contributed by atoms with E-state index < -0.39 is 12.5 Å². The monoisotopic (exact) mass is 235 g/mol. The van der Waals surface area contributed by atoms with E-state index in [0.29, 0.717) is 0 Å². The molecule has 15 heavy (non-hydrogen) atoms. The van der Waals surface area contributed by atoms with Gasteiger partial charge in [-0.2, -0.15) is 0 Å². The maximum Gasteiger partial charge on any atom is 0.240 e. The highest BCUT2D eigenvalue weighted by Crippen LogP contribution is 2.24. The number of nitrogens with two attached hydrogens (primary N) is 1. The Bertz CT molecular complexity index is 295. The van der Waals surface area contributed by atoms with E-state index in [9.17, 15) is 8.78 Å². The van der Waals surface area contributed by atoms with Gasteiger partial charge >= 0.3 is 0 Å². The van der Waals surface area contributed by atoms with E-state index in [0.717, 1.165) is 16.7 Å². The van der Waals surface area contributed by atoms with Crippen molar-refractivity contribution in [3.63, 3.8) is 0 Å². The van der Waals surface area contributed by atoms with Crippen LogP contribution in [0.1, 0.15) is 29.2 Å². The highest BCUT2D eigenvalue weighted by molar-refractivity contribution is 5.85. The third kappa shape index (κ3) is 3.76. The molecule has 0 aliphatic rings. The minimum Gasteiger partial charge on any atom is -0.324 e. The first-order chi connectivity index (χ1) is 6.52. The third-order valence-corrected chi connectivity index (χ3v) is 2.35. The summed E-state index contributed by atoms with van der Waals surface area (Å²) in [4.78, 5) is 0. The average Bonchev–Trinajstić information content (AvgIpc) is 2.01. The molecule has 1 aromatic carbocycles. The van der Waals surface area contributed by atoms with Gasteiger partial charge in [0.1, 0.15) is 0 Å². The van der Waals surface area contributed by atoms with Crippen molar-refractivity contribution in [2.24, 2.45) is 5.73 Å². The first-order valence-corrected chi connectivity index (χ1v) is 4.62. The molecule has 1 nitrogen and oxygen atoms in total. The Morgan fingerprint density at radius 2 is 1.67 bits per heavy atom.